The summed E-state index contributed by atoms with van der Waals surface area (Å²) in [4.78, 5) is 27.9. The summed E-state index contributed by atoms with van der Waals surface area (Å²) >= 11 is 0. The van der Waals surface area contributed by atoms with E-state index in [1.165, 1.54) is 18.2 Å². The van der Waals surface area contributed by atoms with Crippen molar-refractivity contribution in [2.45, 2.75) is 25.5 Å². The normalized spacial score (nSPS) is 11.2. The van der Waals surface area contributed by atoms with E-state index in [0.717, 1.165) is 11.1 Å². The lowest BCUT2D eigenvalue weighted by Gasteiger charge is -2.19. The molecule has 0 aliphatic carbocycles. The molecule has 0 aliphatic rings. The fraction of sp³-hybridized carbons (Fsp3) is 0.174. The molecule has 0 radical (unpaired) electrons. The predicted molar refractivity (Wildman–Crippen MR) is 129 cm³/mol. The molecule has 3 aromatic rings. The molecule has 3 rings (SSSR count). The third-order valence-electron chi connectivity index (χ3n) is 5.06. The first-order valence-electron chi connectivity index (χ1n) is 10.2. The van der Waals surface area contributed by atoms with E-state index in [0.29, 0.717) is 18.7 Å². The van der Waals surface area contributed by atoms with E-state index in [4.69, 9.17) is 5.11 Å². The Morgan fingerprint density at radius 2 is 1.68 bits per heavy atom. The number of benzene rings is 2. The van der Waals surface area contributed by atoms with Crippen LogP contribution < -0.4 is 10.6 Å². The molecule has 0 bridgehead atoms. The average Bonchev–Trinajstić information content (AvgIpc) is 2.80. The highest BCUT2D eigenvalue weighted by Crippen LogP contribution is 2.24. The number of rotatable bonds is 10. The van der Waals surface area contributed by atoms with Gasteiger partial charge in [-0.2, -0.15) is 0 Å². The van der Waals surface area contributed by atoms with Gasteiger partial charge in [-0.3, -0.25) is 9.78 Å². The van der Waals surface area contributed by atoms with Crippen LogP contribution in [0.3, 0.4) is 0 Å². The smallest absolute Gasteiger partial charge is 0.475 e. The molecule has 1 aromatic heterocycles. The van der Waals surface area contributed by atoms with Crippen molar-refractivity contribution in [2.75, 3.05) is 0 Å². The Morgan fingerprint density at radius 3 is 2.29 bits per heavy atom. The lowest BCUT2D eigenvalue weighted by Crippen LogP contribution is -2.47. The van der Waals surface area contributed by atoms with Crippen LogP contribution in [-0.2, 0) is 19.5 Å². The number of halogens is 1. The highest BCUT2D eigenvalue weighted by Gasteiger charge is 2.28. The van der Waals surface area contributed by atoms with Crippen molar-refractivity contribution in [2.24, 2.45) is 0 Å². The molecule has 34 heavy (non-hydrogen) atoms. The topological polar surface area (TPSA) is 152 Å². The number of carbonyl (C=O) groups excluding carboxylic acids is 1. The van der Waals surface area contributed by atoms with Crippen molar-refractivity contribution in [3.63, 3.8) is 0 Å². The van der Waals surface area contributed by atoms with Crippen molar-refractivity contribution in [3.05, 3.63) is 94.8 Å². The summed E-state index contributed by atoms with van der Waals surface area (Å²) in [5.74, 6) is -3.48. The zero-order valence-electron chi connectivity index (χ0n) is 18.1. The molecule has 11 heteroatoms. The number of hydrogen-bond donors (Lipinski definition) is 6. The van der Waals surface area contributed by atoms with Crippen molar-refractivity contribution >= 4 is 31.4 Å². The third kappa shape index (κ3) is 7.29. The van der Waals surface area contributed by atoms with Crippen LogP contribution in [0.25, 0.3) is 0 Å². The predicted octanol–water partition coefficient (Wildman–Crippen LogP) is 1.55. The van der Waals surface area contributed by atoms with Gasteiger partial charge in [0.2, 0.25) is 0 Å². The maximum atomic E-state index is 12.6. The number of pyridine rings is 1. The van der Waals surface area contributed by atoms with Gasteiger partial charge in [0, 0.05) is 31.0 Å². The Balaban J connectivity index is 0.00000408. The highest BCUT2D eigenvalue weighted by atomic mass is 35.5. The van der Waals surface area contributed by atoms with Crippen LogP contribution in [0.1, 0.15) is 37.4 Å². The second kappa shape index (κ2) is 12.7. The van der Waals surface area contributed by atoms with Gasteiger partial charge < -0.3 is 30.9 Å². The van der Waals surface area contributed by atoms with Gasteiger partial charge in [-0.15, -0.1) is 12.4 Å². The van der Waals surface area contributed by atoms with E-state index in [1.54, 1.807) is 36.7 Å². The highest BCUT2D eigenvalue weighted by molar-refractivity contribution is 6.43. The fourth-order valence-electron chi connectivity index (χ4n) is 3.28. The van der Waals surface area contributed by atoms with E-state index < -0.39 is 30.7 Å². The van der Waals surface area contributed by atoms with Crippen molar-refractivity contribution < 1.29 is 29.9 Å². The van der Waals surface area contributed by atoms with Gasteiger partial charge in [-0.1, -0.05) is 30.3 Å². The van der Waals surface area contributed by atoms with Crippen molar-refractivity contribution in [1.29, 1.82) is 0 Å². The van der Waals surface area contributed by atoms with E-state index in [9.17, 15) is 24.7 Å². The molecule has 1 atom stereocenters. The van der Waals surface area contributed by atoms with Crippen molar-refractivity contribution in [1.82, 2.24) is 15.6 Å². The van der Waals surface area contributed by atoms with Gasteiger partial charge in [-0.05, 0) is 47.4 Å². The summed E-state index contributed by atoms with van der Waals surface area (Å²) < 4.78 is 0. The first kappa shape index (κ1) is 26.8. The number of amides is 1. The SMILES string of the molecule is Cl.O=C(N[C@@H](Cc1cccc(C(=O)O)c1O)B(O)O)c1ccc(CNCc2cccnc2)cc1. The molecule has 1 amide bonds. The monoisotopic (exact) mass is 485 g/mol. The van der Waals surface area contributed by atoms with Gasteiger partial charge in [0.05, 0.1) is 5.94 Å². The molecule has 6 N–H and O–H groups in total. The van der Waals surface area contributed by atoms with E-state index in [-0.39, 0.29) is 30.0 Å². The molecule has 9 nitrogen and oxygen atoms in total. The minimum absolute atomic E-state index is 0. The number of nitrogens with one attached hydrogen (secondary N) is 2. The molecule has 0 unspecified atom stereocenters. The molecule has 1 heterocycles. The summed E-state index contributed by atoms with van der Waals surface area (Å²) in [6, 6.07) is 14.8. The summed E-state index contributed by atoms with van der Waals surface area (Å²) in [6.45, 7) is 1.25. The van der Waals surface area contributed by atoms with Crippen LogP contribution in [0, 0.1) is 0 Å². The first-order chi connectivity index (χ1) is 15.8. The number of carboxylic acid groups (broad SMARTS) is 1. The van der Waals surface area contributed by atoms with E-state index in [1.807, 2.05) is 12.1 Å². The van der Waals surface area contributed by atoms with Crippen LogP contribution in [0.2, 0.25) is 0 Å². The number of phenols is 1. The third-order valence-corrected chi connectivity index (χ3v) is 5.06. The Kier molecular flexibility index (Phi) is 10.0. The second-order valence-electron chi connectivity index (χ2n) is 7.48. The van der Waals surface area contributed by atoms with Crippen LogP contribution in [0.4, 0.5) is 0 Å². The summed E-state index contributed by atoms with van der Waals surface area (Å²) in [7, 11) is -1.92. The lowest BCUT2D eigenvalue weighted by atomic mass is 9.75. The minimum Gasteiger partial charge on any atom is -0.507 e. The molecule has 0 saturated heterocycles. The Hall–Kier alpha value is -3.44. The number of carbonyl (C=O) groups is 2. The average molecular weight is 486 g/mol. The lowest BCUT2D eigenvalue weighted by molar-refractivity contribution is 0.0693. The number of aromatic carboxylic acids is 1. The number of para-hydroxylation sites is 1. The van der Waals surface area contributed by atoms with Crippen LogP contribution in [0.15, 0.2) is 67.0 Å². The van der Waals surface area contributed by atoms with Crippen molar-refractivity contribution in [3.8, 4) is 5.75 Å². The number of nitrogens with zero attached hydrogens (tertiary/aromatic N) is 1. The minimum atomic E-state index is -1.92. The Bertz CT molecular complexity index is 1100. The maximum absolute atomic E-state index is 12.6. The molecule has 178 valence electrons. The van der Waals surface area contributed by atoms with Gasteiger partial charge >= 0.3 is 13.1 Å². The summed E-state index contributed by atoms with van der Waals surface area (Å²) in [6.07, 6.45) is 3.32. The Morgan fingerprint density at radius 1 is 0.971 bits per heavy atom. The standard InChI is InChI=1S/C23H24BN3O6.ClH/c28-21-18(4-1-5-19(21)23(30)31)11-20(24(32)33)27-22(29)17-8-6-15(7-9-17)12-26-14-16-3-2-10-25-13-16;/h1-10,13,20,26,28,32-33H,11-12,14H2,(H,27,29)(H,30,31);1H/t20-;/m0./s1. The second-order valence-corrected chi connectivity index (χ2v) is 7.48. The number of hydrogen-bond acceptors (Lipinski definition) is 7. The van der Waals surface area contributed by atoms with Crippen LogP contribution >= 0.6 is 12.4 Å². The maximum Gasteiger partial charge on any atom is 0.475 e. The summed E-state index contributed by atoms with van der Waals surface area (Å²) in [5, 5.41) is 44.5. The fourth-order valence-corrected chi connectivity index (χ4v) is 3.28. The Labute approximate surface area is 203 Å². The van der Waals surface area contributed by atoms with Crippen LogP contribution in [-0.4, -0.2) is 50.2 Å². The molecule has 0 fully saturated rings. The van der Waals surface area contributed by atoms with Gasteiger partial charge in [0.15, 0.2) is 0 Å². The molecule has 0 spiro atoms. The first-order valence-corrected chi connectivity index (χ1v) is 10.2. The molecular formula is C23H25BClN3O6. The van der Waals surface area contributed by atoms with Crippen LogP contribution in [0.5, 0.6) is 5.75 Å². The van der Waals surface area contributed by atoms with E-state index in [2.05, 4.69) is 15.6 Å². The van der Waals surface area contributed by atoms with Gasteiger partial charge in [-0.25, -0.2) is 4.79 Å². The van der Waals surface area contributed by atoms with Gasteiger partial charge in [0.1, 0.15) is 11.3 Å². The molecule has 0 aliphatic heterocycles. The quantitative estimate of drug-likeness (QED) is 0.237. The molecule has 0 saturated carbocycles. The molecular weight excluding hydrogens is 461 g/mol. The molecule has 2 aromatic carbocycles. The number of aromatic hydroxyl groups is 1. The number of aromatic nitrogens is 1. The largest absolute Gasteiger partial charge is 0.507 e. The van der Waals surface area contributed by atoms with Gasteiger partial charge in [0.25, 0.3) is 5.91 Å². The zero-order chi connectivity index (χ0) is 23.8. The zero-order valence-corrected chi connectivity index (χ0v) is 18.9. The van der Waals surface area contributed by atoms with E-state index >= 15 is 0 Å². The summed E-state index contributed by atoms with van der Waals surface area (Å²) in [5.41, 5.74) is 2.20. The number of carboxylic acids is 1.